The van der Waals surface area contributed by atoms with Crippen molar-refractivity contribution < 1.29 is 13.0 Å². The summed E-state index contributed by atoms with van der Waals surface area (Å²) in [6.45, 7) is 10.0. The molecule has 0 aliphatic heterocycles. The summed E-state index contributed by atoms with van der Waals surface area (Å²) < 4.78 is 33.0. The van der Waals surface area contributed by atoms with E-state index in [0.717, 1.165) is 38.5 Å². The average Bonchev–Trinajstić information content (AvgIpc) is 2.21. The Balaban J connectivity index is 5.22. The molecular formula is C14H30O3S. The maximum atomic E-state index is 11.7. The Morgan fingerprint density at radius 1 is 1.06 bits per heavy atom. The number of hydrogen-bond donors (Lipinski definition) is 1. The van der Waals surface area contributed by atoms with Gasteiger partial charge in [-0.15, -0.1) is 0 Å². The molecular weight excluding hydrogens is 248 g/mol. The van der Waals surface area contributed by atoms with Crippen LogP contribution >= 0.6 is 0 Å². The van der Waals surface area contributed by atoms with E-state index in [1.54, 1.807) is 0 Å². The molecule has 1 unspecified atom stereocenters. The highest BCUT2D eigenvalue weighted by atomic mass is 32.2. The van der Waals surface area contributed by atoms with Crippen LogP contribution < -0.4 is 0 Å². The quantitative estimate of drug-likeness (QED) is 0.640. The first-order chi connectivity index (χ1) is 8.19. The van der Waals surface area contributed by atoms with Gasteiger partial charge in [-0.05, 0) is 24.2 Å². The normalized spacial score (nSPS) is 15.1. The van der Waals surface area contributed by atoms with Crippen molar-refractivity contribution in [3.63, 3.8) is 0 Å². The van der Waals surface area contributed by atoms with Crippen molar-refractivity contribution in [3.8, 4) is 0 Å². The summed E-state index contributed by atoms with van der Waals surface area (Å²) in [5.41, 5.74) is -0.312. The molecule has 0 aromatic heterocycles. The fraction of sp³-hybridized carbons (Fsp3) is 1.00. The van der Waals surface area contributed by atoms with E-state index in [1.807, 2.05) is 20.8 Å². The van der Waals surface area contributed by atoms with E-state index in [1.165, 1.54) is 0 Å². The molecule has 0 radical (unpaired) electrons. The zero-order valence-electron chi connectivity index (χ0n) is 12.6. The van der Waals surface area contributed by atoms with Gasteiger partial charge in [-0.3, -0.25) is 4.55 Å². The van der Waals surface area contributed by atoms with E-state index in [9.17, 15) is 13.0 Å². The van der Waals surface area contributed by atoms with Gasteiger partial charge in [0.25, 0.3) is 10.1 Å². The number of rotatable bonds is 9. The van der Waals surface area contributed by atoms with Gasteiger partial charge in [0, 0.05) is 0 Å². The molecule has 0 aliphatic carbocycles. The standard InChI is InChI=1S/C14H30O3S/c1-6-8-10-14(5,11-9-7-2)13(12(3)4)18(15,16)17/h12-13H,6-11H2,1-5H3,(H,15,16,17). The van der Waals surface area contributed by atoms with Gasteiger partial charge in [0.1, 0.15) is 0 Å². The van der Waals surface area contributed by atoms with Gasteiger partial charge in [-0.25, -0.2) is 0 Å². The summed E-state index contributed by atoms with van der Waals surface area (Å²) in [5.74, 6) is -0.0567. The smallest absolute Gasteiger partial charge is 0.268 e. The minimum atomic E-state index is -3.98. The van der Waals surface area contributed by atoms with Gasteiger partial charge >= 0.3 is 0 Å². The van der Waals surface area contributed by atoms with E-state index in [-0.39, 0.29) is 11.3 Å². The molecule has 0 fully saturated rings. The topological polar surface area (TPSA) is 54.4 Å². The largest absolute Gasteiger partial charge is 0.285 e. The third kappa shape index (κ3) is 5.27. The summed E-state index contributed by atoms with van der Waals surface area (Å²) >= 11 is 0. The molecule has 0 aromatic carbocycles. The van der Waals surface area contributed by atoms with Crippen LogP contribution in [0.3, 0.4) is 0 Å². The van der Waals surface area contributed by atoms with Gasteiger partial charge in [-0.1, -0.05) is 60.3 Å². The Hall–Kier alpha value is -0.0900. The van der Waals surface area contributed by atoms with E-state index >= 15 is 0 Å². The highest BCUT2D eigenvalue weighted by Crippen LogP contribution is 2.40. The molecule has 1 N–H and O–H groups in total. The Bertz CT molecular complexity index is 312. The Kier molecular flexibility index (Phi) is 7.45. The van der Waals surface area contributed by atoms with Crippen LogP contribution in [0, 0.1) is 11.3 Å². The molecule has 4 heteroatoms. The van der Waals surface area contributed by atoms with Crippen LogP contribution in [0.1, 0.15) is 73.1 Å². The second-order valence-corrected chi connectivity index (χ2v) is 7.58. The lowest BCUT2D eigenvalue weighted by Gasteiger charge is -2.38. The van der Waals surface area contributed by atoms with Crippen molar-refractivity contribution in [3.05, 3.63) is 0 Å². The molecule has 0 saturated carbocycles. The fourth-order valence-corrected chi connectivity index (χ4v) is 4.72. The highest BCUT2D eigenvalue weighted by Gasteiger charge is 2.42. The molecule has 0 heterocycles. The maximum Gasteiger partial charge on any atom is 0.268 e. The molecule has 0 amide bonds. The van der Waals surface area contributed by atoms with Crippen molar-refractivity contribution in [2.45, 2.75) is 78.4 Å². The monoisotopic (exact) mass is 278 g/mol. The zero-order chi connectivity index (χ0) is 14.4. The first kappa shape index (κ1) is 17.9. The first-order valence-corrected chi connectivity index (χ1v) is 8.65. The SMILES string of the molecule is CCCCC(C)(CCCC)C(C(C)C)S(=O)(=O)O. The molecule has 0 saturated heterocycles. The maximum absolute atomic E-state index is 11.7. The summed E-state index contributed by atoms with van der Waals surface area (Å²) in [5, 5.41) is -0.650. The van der Waals surface area contributed by atoms with Crippen LogP contribution in [-0.4, -0.2) is 18.2 Å². The average molecular weight is 278 g/mol. The van der Waals surface area contributed by atoms with Gasteiger partial charge < -0.3 is 0 Å². The van der Waals surface area contributed by atoms with Crippen molar-refractivity contribution in [1.82, 2.24) is 0 Å². The summed E-state index contributed by atoms with van der Waals surface area (Å²) in [6, 6.07) is 0. The van der Waals surface area contributed by atoms with Crippen LogP contribution in [0.15, 0.2) is 0 Å². The van der Waals surface area contributed by atoms with Crippen LogP contribution in [0.25, 0.3) is 0 Å². The first-order valence-electron chi connectivity index (χ1n) is 7.15. The lowest BCUT2D eigenvalue weighted by molar-refractivity contribution is 0.201. The van der Waals surface area contributed by atoms with Crippen LogP contribution in [0.5, 0.6) is 0 Å². The minimum absolute atomic E-state index is 0.0567. The van der Waals surface area contributed by atoms with Crippen molar-refractivity contribution in [2.75, 3.05) is 0 Å². The van der Waals surface area contributed by atoms with Crippen molar-refractivity contribution in [1.29, 1.82) is 0 Å². The minimum Gasteiger partial charge on any atom is -0.285 e. The molecule has 3 nitrogen and oxygen atoms in total. The second-order valence-electron chi connectivity index (χ2n) is 6.04. The third-order valence-corrected chi connectivity index (χ3v) is 5.57. The molecule has 0 aromatic rings. The molecule has 0 bridgehead atoms. The Labute approximate surface area is 113 Å². The van der Waals surface area contributed by atoms with Crippen LogP contribution in [0.4, 0.5) is 0 Å². The lowest BCUT2D eigenvalue weighted by Crippen LogP contribution is -2.42. The predicted molar refractivity (Wildman–Crippen MR) is 77.3 cm³/mol. The van der Waals surface area contributed by atoms with Gasteiger partial charge in [0.2, 0.25) is 0 Å². The van der Waals surface area contributed by atoms with Crippen LogP contribution in [-0.2, 0) is 10.1 Å². The van der Waals surface area contributed by atoms with E-state index in [4.69, 9.17) is 0 Å². The van der Waals surface area contributed by atoms with Crippen molar-refractivity contribution >= 4 is 10.1 Å². The summed E-state index contributed by atoms with van der Waals surface area (Å²) in [4.78, 5) is 0. The molecule has 0 spiro atoms. The number of hydrogen-bond acceptors (Lipinski definition) is 2. The third-order valence-electron chi connectivity index (χ3n) is 3.82. The molecule has 0 aliphatic rings. The zero-order valence-corrected chi connectivity index (χ0v) is 13.4. The molecule has 18 heavy (non-hydrogen) atoms. The van der Waals surface area contributed by atoms with E-state index in [2.05, 4.69) is 13.8 Å². The lowest BCUT2D eigenvalue weighted by atomic mass is 9.74. The van der Waals surface area contributed by atoms with Gasteiger partial charge in [0.15, 0.2) is 0 Å². The van der Waals surface area contributed by atoms with Gasteiger partial charge in [-0.2, -0.15) is 8.42 Å². The molecule has 1 atom stereocenters. The van der Waals surface area contributed by atoms with E-state index < -0.39 is 15.4 Å². The van der Waals surface area contributed by atoms with Crippen LogP contribution in [0.2, 0.25) is 0 Å². The predicted octanol–water partition coefficient (Wildman–Crippen LogP) is 4.29. The molecule has 110 valence electrons. The second kappa shape index (κ2) is 7.49. The molecule has 0 rings (SSSR count). The van der Waals surface area contributed by atoms with E-state index in [0.29, 0.717) is 0 Å². The van der Waals surface area contributed by atoms with Gasteiger partial charge in [0.05, 0.1) is 5.25 Å². The summed E-state index contributed by atoms with van der Waals surface area (Å²) in [6.07, 6.45) is 5.87. The Morgan fingerprint density at radius 3 is 1.67 bits per heavy atom. The Morgan fingerprint density at radius 2 is 1.44 bits per heavy atom. The number of unbranched alkanes of at least 4 members (excludes halogenated alkanes) is 2. The fourth-order valence-electron chi connectivity index (χ4n) is 3.08. The highest BCUT2D eigenvalue weighted by molar-refractivity contribution is 7.86. The van der Waals surface area contributed by atoms with Crippen molar-refractivity contribution in [2.24, 2.45) is 11.3 Å². The summed E-state index contributed by atoms with van der Waals surface area (Å²) in [7, 11) is -3.98.